The van der Waals surface area contributed by atoms with E-state index >= 15 is 0 Å². The average molecular weight is 349 g/mol. The van der Waals surface area contributed by atoms with Crippen molar-refractivity contribution in [3.63, 3.8) is 0 Å². The van der Waals surface area contributed by atoms with Crippen molar-refractivity contribution in [1.29, 1.82) is 0 Å². The Morgan fingerprint density at radius 3 is 1.05 bits per heavy atom. The summed E-state index contributed by atoms with van der Waals surface area (Å²) in [6.07, 6.45) is 3.54. The summed E-state index contributed by atoms with van der Waals surface area (Å²) in [5.74, 6) is 0. The Morgan fingerprint density at radius 2 is 1.00 bits per heavy atom. The summed E-state index contributed by atoms with van der Waals surface area (Å²) < 4.78 is 0. The van der Waals surface area contributed by atoms with E-state index in [0.29, 0.717) is 0 Å². The van der Waals surface area contributed by atoms with Gasteiger partial charge in [-0.3, -0.25) is 0 Å². The Bertz CT molecular complexity index is 204. The smallest absolute Gasteiger partial charge is 0.0769 e. The van der Waals surface area contributed by atoms with Crippen molar-refractivity contribution in [3.05, 3.63) is 0 Å². The molecule has 4 unspecified atom stereocenters. The Kier molecular flexibility index (Phi) is 16.0. The van der Waals surface area contributed by atoms with Crippen LogP contribution in [0.25, 0.3) is 0 Å². The van der Waals surface area contributed by atoms with Crippen LogP contribution in [0.2, 0.25) is 0 Å². The summed E-state index contributed by atoms with van der Waals surface area (Å²) >= 11 is 0. The molecule has 0 saturated heterocycles. The maximum atomic E-state index is 9.72. The maximum absolute atomic E-state index is 9.72. The predicted molar refractivity (Wildman–Crippen MR) is 88.1 cm³/mol. The normalized spacial score (nSPS) is 19.1. The van der Waals surface area contributed by atoms with Crippen LogP contribution in [-0.2, 0) is 16.5 Å². The second kappa shape index (κ2) is 12.8. The number of hydrogen-bond acceptors (Lipinski definition) is 4. The second-order valence-electron chi connectivity index (χ2n) is 5.92. The summed E-state index contributed by atoms with van der Waals surface area (Å²) in [6, 6.07) is 0.440. The molecule has 0 spiro atoms. The molecule has 0 aliphatic rings. The molecule has 0 radical (unpaired) electrons. The van der Waals surface area contributed by atoms with Crippen molar-refractivity contribution >= 4 is 0 Å². The largest absolute Gasteiger partial charge is 0.389 e. The quantitative estimate of drug-likeness (QED) is 0.508. The summed E-state index contributed by atoms with van der Waals surface area (Å²) in [7, 11) is 3.77. The number of hydrogen-bond donors (Lipinski definition) is 4. The van der Waals surface area contributed by atoms with Gasteiger partial charge in [0, 0.05) is 28.6 Å². The molecule has 4 N–H and O–H groups in total. The zero-order valence-corrected chi connectivity index (χ0v) is 16.2. The molecule has 0 bridgehead atoms. The molecule has 0 aromatic rings. The van der Waals surface area contributed by atoms with Gasteiger partial charge in [-0.1, -0.05) is 27.7 Å². The van der Waals surface area contributed by atoms with Gasteiger partial charge in [0.1, 0.15) is 0 Å². The Balaban J connectivity index is -0.000000295. The van der Waals surface area contributed by atoms with E-state index in [4.69, 9.17) is 0 Å². The molecule has 0 amide bonds. The summed E-state index contributed by atoms with van der Waals surface area (Å²) in [5, 5.41) is 25.6. The zero-order chi connectivity index (χ0) is 16.4. The molecule has 0 heterocycles. The first-order chi connectivity index (χ1) is 9.16. The van der Waals surface area contributed by atoms with Gasteiger partial charge in [0.15, 0.2) is 0 Å². The topological polar surface area (TPSA) is 64.5 Å². The van der Waals surface area contributed by atoms with Gasteiger partial charge >= 0.3 is 0 Å². The molecular formula is C16H38N2NiO2. The fraction of sp³-hybridized carbons (Fsp3) is 1.00. The second-order valence-corrected chi connectivity index (χ2v) is 5.92. The molecule has 0 aromatic heterocycles. The van der Waals surface area contributed by atoms with E-state index in [1.807, 2.05) is 41.8 Å². The standard InChI is InChI=1S/2C8H19NO.Ni/c2*1-5-7(9-4)8(3,10)6-2;/h2*7,9-10H,5-6H2,1-4H3;. The molecule has 0 fully saturated rings. The van der Waals surface area contributed by atoms with Gasteiger partial charge in [-0.05, 0) is 53.6 Å². The van der Waals surface area contributed by atoms with E-state index in [0.717, 1.165) is 25.7 Å². The van der Waals surface area contributed by atoms with E-state index in [1.165, 1.54) is 0 Å². The van der Waals surface area contributed by atoms with Crippen molar-refractivity contribution in [2.24, 2.45) is 0 Å². The van der Waals surface area contributed by atoms with Crippen molar-refractivity contribution in [2.75, 3.05) is 14.1 Å². The van der Waals surface area contributed by atoms with Crippen LogP contribution in [0.15, 0.2) is 0 Å². The SMILES string of the molecule is CCC(NC)C(C)(O)CC.CCC(NC)C(C)(O)CC.[Ni]. The minimum absolute atomic E-state index is 0. The summed E-state index contributed by atoms with van der Waals surface area (Å²) in [5.41, 5.74) is -1.10. The van der Waals surface area contributed by atoms with Crippen molar-refractivity contribution in [1.82, 2.24) is 10.6 Å². The molecule has 0 aliphatic heterocycles. The van der Waals surface area contributed by atoms with Crippen molar-refractivity contribution < 1.29 is 26.7 Å². The van der Waals surface area contributed by atoms with Crippen LogP contribution in [0.1, 0.15) is 67.2 Å². The number of aliphatic hydroxyl groups is 2. The third-order valence-corrected chi connectivity index (χ3v) is 4.45. The first-order valence-electron chi connectivity index (χ1n) is 7.95. The van der Waals surface area contributed by atoms with Gasteiger partial charge < -0.3 is 20.8 Å². The summed E-state index contributed by atoms with van der Waals surface area (Å²) in [4.78, 5) is 0. The zero-order valence-electron chi connectivity index (χ0n) is 15.2. The van der Waals surface area contributed by atoms with Gasteiger partial charge in [-0.15, -0.1) is 0 Å². The minimum Gasteiger partial charge on any atom is -0.389 e. The molecule has 134 valence electrons. The minimum atomic E-state index is -0.552. The first kappa shape index (κ1) is 26.2. The van der Waals surface area contributed by atoms with E-state index in [9.17, 15) is 10.2 Å². The molecule has 4 nitrogen and oxygen atoms in total. The van der Waals surface area contributed by atoms with Gasteiger partial charge in [0.2, 0.25) is 0 Å². The monoisotopic (exact) mass is 348 g/mol. The van der Waals surface area contributed by atoms with E-state index < -0.39 is 11.2 Å². The molecule has 0 aliphatic carbocycles. The summed E-state index contributed by atoms with van der Waals surface area (Å²) in [6.45, 7) is 11.9. The van der Waals surface area contributed by atoms with Gasteiger partial charge in [-0.25, -0.2) is 0 Å². The Hall–Kier alpha value is 0.334. The number of nitrogens with one attached hydrogen (secondary N) is 2. The number of rotatable bonds is 8. The number of likely N-dealkylation sites (N-methyl/N-ethyl adjacent to an activating group) is 2. The fourth-order valence-electron chi connectivity index (χ4n) is 2.40. The first-order valence-corrected chi connectivity index (χ1v) is 7.95. The van der Waals surface area contributed by atoms with Crippen LogP contribution in [-0.4, -0.2) is 47.6 Å². The molecule has 21 heavy (non-hydrogen) atoms. The molecule has 0 saturated carbocycles. The molecular weight excluding hydrogens is 311 g/mol. The van der Waals surface area contributed by atoms with Crippen LogP contribution in [0, 0.1) is 0 Å². The van der Waals surface area contributed by atoms with E-state index in [-0.39, 0.29) is 28.6 Å². The third kappa shape index (κ3) is 9.86. The molecule has 0 aromatic carbocycles. The Labute approximate surface area is 142 Å². The van der Waals surface area contributed by atoms with Crippen molar-refractivity contribution in [2.45, 2.75) is 90.5 Å². The van der Waals surface area contributed by atoms with Gasteiger partial charge in [0.25, 0.3) is 0 Å². The van der Waals surface area contributed by atoms with Gasteiger partial charge in [-0.2, -0.15) is 0 Å². The van der Waals surface area contributed by atoms with E-state index in [2.05, 4.69) is 24.5 Å². The Morgan fingerprint density at radius 1 is 0.762 bits per heavy atom. The van der Waals surface area contributed by atoms with Crippen LogP contribution in [0.4, 0.5) is 0 Å². The molecule has 0 rings (SSSR count). The van der Waals surface area contributed by atoms with Gasteiger partial charge in [0.05, 0.1) is 11.2 Å². The van der Waals surface area contributed by atoms with Crippen LogP contribution in [0.5, 0.6) is 0 Å². The van der Waals surface area contributed by atoms with Crippen molar-refractivity contribution in [3.8, 4) is 0 Å². The third-order valence-electron chi connectivity index (χ3n) is 4.45. The molecule has 5 heteroatoms. The fourth-order valence-corrected chi connectivity index (χ4v) is 2.40. The van der Waals surface area contributed by atoms with Crippen LogP contribution in [0.3, 0.4) is 0 Å². The average Bonchev–Trinajstić information content (AvgIpc) is 2.41. The maximum Gasteiger partial charge on any atom is 0.0769 e. The van der Waals surface area contributed by atoms with Crippen LogP contribution < -0.4 is 10.6 Å². The van der Waals surface area contributed by atoms with E-state index in [1.54, 1.807) is 0 Å². The van der Waals surface area contributed by atoms with Crippen LogP contribution >= 0.6 is 0 Å². The predicted octanol–water partition coefficient (Wildman–Crippen LogP) is 2.29. The molecule has 4 atom stereocenters.